The first-order chi connectivity index (χ1) is 19.8. The van der Waals surface area contributed by atoms with Gasteiger partial charge in [-0.2, -0.15) is 31.1 Å². The molecular weight excluding hydrogens is 562 g/mol. The Kier molecular flexibility index (Phi) is 8.41. The second-order valence-corrected chi connectivity index (χ2v) is 11.3. The van der Waals surface area contributed by atoms with Gasteiger partial charge in [-0.05, 0) is 85.6 Å². The van der Waals surface area contributed by atoms with Crippen LogP contribution in [0.15, 0.2) is 30.3 Å². The predicted octanol–water partition coefficient (Wildman–Crippen LogP) is 6.64. The van der Waals surface area contributed by atoms with Crippen molar-refractivity contribution < 1.29 is 31.1 Å². The van der Waals surface area contributed by atoms with E-state index < -0.39 is 29.5 Å². The van der Waals surface area contributed by atoms with Gasteiger partial charge in [-0.3, -0.25) is 0 Å². The highest BCUT2D eigenvalue weighted by Gasteiger charge is 2.38. The number of tetrazole rings is 1. The zero-order valence-corrected chi connectivity index (χ0v) is 23.8. The van der Waals surface area contributed by atoms with Gasteiger partial charge in [0.05, 0.1) is 24.2 Å². The van der Waals surface area contributed by atoms with Gasteiger partial charge in [-0.1, -0.05) is 22.8 Å². The van der Waals surface area contributed by atoms with Crippen LogP contribution in [0, 0.1) is 19.8 Å². The number of hydrogen-bond acceptors (Lipinski definition) is 6. The highest BCUT2D eigenvalue weighted by molar-refractivity contribution is 5.64. The van der Waals surface area contributed by atoms with E-state index in [1.807, 2.05) is 13.8 Å². The molecule has 2 aromatic carbocycles. The first-order valence-corrected chi connectivity index (χ1v) is 14.0. The fourth-order valence-corrected chi connectivity index (χ4v) is 6.19. The van der Waals surface area contributed by atoms with E-state index in [0.717, 1.165) is 80.1 Å². The maximum Gasteiger partial charge on any atom is 0.416 e. The summed E-state index contributed by atoms with van der Waals surface area (Å²) in [5, 5.41) is 12.4. The van der Waals surface area contributed by atoms with Crippen LogP contribution in [0.2, 0.25) is 0 Å². The van der Waals surface area contributed by atoms with E-state index in [1.54, 1.807) is 11.9 Å². The van der Waals surface area contributed by atoms with E-state index in [-0.39, 0.29) is 24.1 Å². The first-order valence-electron chi connectivity index (χ1n) is 14.0. The molecule has 0 saturated carbocycles. The Bertz CT molecular complexity index is 1370. The largest absolute Gasteiger partial charge is 0.416 e. The molecule has 2 aliphatic heterocycles. The quantitative estimate of drug-likeness (QED) is 0.298. The highest BCUT2D eigenvalue weighted by Crippen LogP contribution is 2.43. The molecule has 0 radical (unpaired) electrons. The average Bonchev–Trinajstić information content (AvgIpc) is 3.26. The molecule has 1 atom stereocenters. The van der Waals surface area contributed by atoms with Crippen LogP contribution >= 0.6 is 0 Å². The van der Waals surface area contributed by atoms with Crippen molar-refractivity contribution in [1.29, 1.82) is 0 Å². The smallest absolute Gasteiger partial charge is 0.381 e. The molecule has 228 valence electrons. The molecule has 0 bridgehead atoms. The summed E-state index contributed by atoms with van der Waals surface area (Å²) in [5.41, 5.74) is 1.23. The summed E-state index contributed by atoms with van der Waals surface area (Å²) in [5.74, 6) is 0.601. The van der Waals surface area contributed by atoms with Crippen LogP contribution in [0.3, 0.4) is 0 Å². The summed E-state index contributed by atoms with van der Waals surface area (Å²) in [6.45, 7) is 6.82. The number of alkyl halides is 6. The Morgan fingerprint density at radius 1 is 0.929 bits per heavy atom. The number of benzene rings is 2. The number of rotatable bonds is 6. The molecule has 0 N–H and O–H groups in total. The number of hydrogen-bond donors (Lipinski definition) is 0. The molecule has 1 saturated heterocycles. The van der Waals surface area contributed by atoms with E-state index in [0.29, 0.717) is 12.3 Å². The van der Waals surface area contributed by atoms with Crippen LogP contribution in [-0.2, 0) is 30.7 Å². The lowest BCUT2D eigenvalue weighted by Crippen LogP contribution is -2.34. The van der Waals surface area contributed by atoms with Crippen LogP contribution in [0.4, 0.5) is 38.0 Å². The number of fused-ring (bicyclic) bond motifs is 1. The van der Waals surface area contributed by atoms with E-state index >= 15 is 0 Å². The van der Waals surface area contributed by atoms with Crippen molar-refractivity contribution in [2.45, 2.75) is 64.5 Å². The molecular formula is C29H34F6N6O. The van der Waals surface area contributed by atoms with Crippen molar-refractivity contribution in [1.82, 2.24) is 20.2 Å². The Hall–Kier alpha value is -3.35. The van der Waals surface area contributed by atoms with Gasteiger partial charge in [-0.25, -0.2) is 0 Å². The number of nitrogens with zero attached hydrogens (tertiary/aromatic N) is 6. The highest BCUT2D eigenvalue weighted by atomic mass is 19.4. The van der Waals surface area contributed by atoms with Crippen molar-refractivity contribution in [3.63, 3.8) is 0 Å². The molecule has 0 spiro atoms. The summed E-state index contributed by atoms with van der Waals surface area (Å²) in [6.07, 6.45) is -6.60. The third-order valence-corrected chi connectivity index (χ3v) is 8.01. The van der Waals surface area contributed by atoms with Crippen LogP contribution in [0.5, 0.6) is 0 Å². The minimum Gasteiger partial charge on any atom is -0.381 e. The van der Waals surface area contributed by atoms with Gasteiger partial charge in [0.15, 0.2) is 0 Å². The Balaban J connectivity index is 1.60. The minimum atomic E-state index is -4.94. The molecule has 0 unspecified atom stereocenters. The molecule has 3 aromatic rings. The minimum absolute atomic E-state index is 0.136. The fourth-order valence-electron chi connectivity index (χ4n) is 6.19. The van der Waals surface area contributed by atoms with E-state index in [9.17, 15) is 26.3 Å². The number of aryl methyl sites for hydroxylation is 3. The zero-order chi connectivity index (χ0) is 30.2. The standard InChI is InChI=1S/C29H34F6N6O/c1-18-11-19(2)26-24(12-18)25(5-4-8-40(26)16-20-6-9-42-10-7-20)41(27-36-38-39(3)37-27)17-21-13-22(28(30,31)32)15-23(14-21)29(33,34)35/h11-15,20,25H,4-10,16-17H2,1-3H3/t25-/m1/s1. The van der Waals surface area contributed by atoms with E-state index in [2.05, 4.69) is 32.4 Å². The Morgan fingerprint density at radius 3 is 2.19 bits per heavy atom. The van der Waals surface area contributed by atoms with Crippen molar-refractivity contribution >= 4 is 11.6 Å². The Morgan fingerprint density at radius 2 is 1.60 bits per heavy atom. The predicted molar refractivity (Wildman–Crippen MR) is 145 cm³/mol. The van der Waals surface area contributed by atoms with E-state index in [4.69, 9.17) is 4.74 Å². The Labute approximate surface area is 240 Å². The average molecular weight is 597 g/mol. The lowest BCUT2D eigenvalue weighted by molar-refractivity contribution is -0.143. The SMILES string of the molecule is Cc1cc(C)c2c(c1)[C@H](N(Cc1cc(C(F)(F)F)cc(C(F)(F)F)c1)c1nnn(C)n1)CCCN2CC1CCOCC1. The van der Waals surface area contributed by atoms with Crippen LogP contribution < -0.4 is 9.80 Å². The van der Waals surface area contributed by atoms with Crippen molar-refractivity contribution in [2.24, 2.45) is 13.0 Å². The van der Waals surface area contributed by atoms with Crippen LogP contribution in [-0.4, -0.2) is 46.5 Å². The van der Waals surface area contributed by atoms with Gasteiger partial charge in [-0.15, -0.1) is 5.10 Å². The van der Waals surface area contributed by atoms with Gasteiger partial charge >= 0.3 is 12.4 Å². The van der Waals surface area contributed by atoms with Crippen LogP contribution in [0.25, 0.3) is 0 Å². The number of anilines is 2. The molecule has 42 heavy (non-hydrogen) atoms. The number of halogens is 6. The molecule has 3 heterocycles. The third kappa shape index (κ3) is 6.66. The normalized spacial score (nSPS) is 18.6. The number of aromatic nitrogens is 4. The summed E-state index contributed by atoms with van der Waals surface area (Å²) >= 11 is 0. The molecule has 2 aliphatic rings. The maximum absolute atomic E-state index is 13.7. The van der Waals surface area contributed by atoms with Gasteiger partial charge in [0.2, 0.25) is 0 Å². The summed E-state index contributed by atoms with van der Waals surface area (Å²) in [4.78, 5) is 5.30. The lowest BCUT2D eigenvalue weighted by Gasteiger charge is -2.35. The molecule has 7 nitrogen and oxygen atoms in total. The number of ether oxygens (including phenoxy) is 1. The topological polar surface area (TPSA) is 59.3 Å². The van der Waals surface area contributed by atoms with Gasteiger partial charge in [0.25, 0.3) is 5.95 Å². The summed E-state index contributed by atoms with van der Waals surface area (Å²) < 4.78 is 87.7. The molecule has 5 rings (SSSR count). The molecule has 0 amide bonds. The summed E-state index contributed by atoms with van der Waals surface area (Å²) in [6, 6.07) is 5.45. The van der Waals surface area contributed by atoms with Gasteiger partial charge in [0.1, 0.15) is 0 Å². The van der Waals surface area contributed by atoms with Crippen LogP contribution in [0.1, 0.15) is 65.1 Å². The lowest BCUT2D eigenvalue weighted by atomic mass is 9.94. The maximum atomic E-state index is 13.7. The molecule has 13 heteroatoms. The van der Waals surface area contributed by atoms with E-state index in [1.165, 1.54) is 4.80 Å². The second-order valence-electron chi connectivity index (χ2n) is 11.3. The molecule has 1 fully saturated rings. The second kappa shape index (κ2) is 11.7. The van der Waals surface area contributed by atoms with Crippen molar-refractivity contribution in [3.8, 4) is 0 Å². The van der Waals surface area contributed by atoms with Gasteiger partial charge in [0, 0.05) is 38.5 Å². The summed E-state index contributed by atoms with van der Waals surface area (Å²) in [7, 11) is 1.56. The van der Waals surface area contributed by atoms with Gasteiger partial charge < -0.3 is 14.5 Å². The molecule has 0 aliphatic carbocycles. The fraction of sp³-hybridized carbons (Fsp3) is 0.552. The monoisotopic (exact) mass is 596 g/mol. The third-order valence-electron chi connectivity index (χ3n) is 8.01. The van der Waals surface area contributed by atoms with Crippen molar-refractivity contribution in [2.75, 3.05) is 36.1 Å². The van der Waals surface area contributed by atoms with Crippen molar-refractivity contribution in [3.05, 3.63) is 63.7 Å². The first kappa shape index (κ1) is 30.1. The molecule has 1 aromatic heterocycles. The zero-order valence-electron chi connectivity index (χ0n) is 23.8.